The molecule has 1 amide bonds. The maximum atomic E-state index is 11.4. The molecule has 0 aliphatic heterocycles. The van der Waals surface area contributed by atoms with Gasteiger partial charge in [0.25, 0.3) is 0 Å². The Morgan fingerprint density at radius 3 is 2.62 bits per heavy atom. The zero-order chi connectivity index (χ0) is 10.1. The quantitative estimate of drug-likeness (QED) is 0.747. The molecule has 1 aliphatic carbocycles. The molecule has 0 aromatic carbocycles. The molecule has 1 aliphatic rings. The molecule has 1 saturated carbocycles. The fourth-order valence-corrected chi connectivity index (χ4v) is 2.01. The fraction of sp³-hybridized carbons (Fsp3) is 0.900. The van der Waals surface area contributed by atoms with Crippen molar-refractivity contribution in [3.05, 3.63) is 0 Å². The molecule has 0 aromatic heterocycles. The van der Waals surface area contributed by atoms with Gasteiger partial charge in [-0.15, -0.1) is 0 Å². The predicted octanol–water partition coefficient (Wildman–Crippen LogP) is 2.46. The van der Waals surface area contributed by atoms with Crippen LogP contribution in [0, 0.1) is 5.41 Å². The lowest BCUT2D eigenvalue weighted by Gasteiger charge is -2.18. The van der Waals surface area contributed by atoms with Crippen LogP contribution in [0.2, 0.25) is 0 Å². The number of rotatable bonds is 2. The highest BCUT2D eigenvalue weighted by molar-refractivity contribution is 9.10. The monoisotopic (exact) mass is 247 g/mol. The lowest BCUT2D eigenvalue weighted by molar-refractivity contribution is -0.120. The zero-order valence-corrected chi connectivity index (χ0v) is 10.1. The Kier molecular flexibility index (Phi) is 3.38. The van der Waals surface area contributed by atoms with Gasteiger partial charge in [-0.3, -0.25) is 4.79 Å². The Balaban J connectivity index is 2.37. The number of alkyl halides is 1. The summed E-state index contributed by atoms with van der Waals surface area (Å²) >= 11 is 3.26. The van der Waals surface area contributed by atoms with Crippen molar-refractivity contribution >= 4 is 21.8 Å². The van der Waals surface area contributed by atoms with Crippen molar-refractivity contribution in [3.63, 3.8) is 0 Å². The van der Waals surface area contributed by atoms with E-state index in [1.807, 2.05) is 6.92 Å². The van der Waals surface area contributed by atoms with Crippen molar-refractivity contribution in [1.82, 2.24) is 5.32 Å². The van der Waals surface area contributed by atoms with E-state index in [9.17, 15) is 4.79 Å². The first-order valence-electron chi connectivity index (χ1n) is 4.85. The summed E-state index contributed by atoms with van der Waals surface area (Å²) in [6.07, 6.45) is 3.45. The molecule has 76 valence electrons. The van der Waals surface area contributed by atoms with Gasteiger partial charge in [-0.25, -0.2) is 0 Å². The van der Waals surface area contributed by atoms with Crippen LogP contribution in [0.5, 0.6) is 0 Å². The van der Waals surface area contributed by atoms with Crippen LogP contribution in [0.15, 0.2) is 0 Å². The summed E-state index contributed by atoms with van der Waals surface area (Å²) in [5, 5.41) is 3.05. The summed E-state index contributed by atoms with van der Waals surface area (Å²) < 4.78 is 0. The standard InChI is InChI=1S/C10H18BrNO/c1-7(11)9(13)12-8-4-5-10(2,3)6-8/h7-8H,4-6H2,1-3H3,(H,12,13). The summed E-state index contributed by atoms with van der Waals surface area (Å²) in [5.41, 5.74) is 0.410. The van der Waals surface area contributed by atoms with Crippen molar-refractivity contribution in [2.75, 3.05) is 0 Å². The Morgan fingerprint density at radius 1 is 1.62 bits per heavy atom. The third-order valence-electron chi connectivity index (χ3n) is 2.68. The molecule has 3 heteroatoms. The average Bonchev–Trinajstić information content (AvgIpc) is 2.30. The summed E-state index contributed by atoms with van der Waals surface area (Å²) in [6, 6.07) is 0.391. The molecule has 0 bridgehead atoms. The Labute approximate surface area is 88.6 Å². The van der Waals surface area contributed by atoms with Crippen LogP contribution < -0.4 is 5.32 Å². The number of hydrogen-bond donors (Lipinski definition) is 1. The molecule has 1 rings (SSSR count). The maximum Gasteiger partial charge on any atom is 0.233 e. The van der Waals surface area contributed by atoms with Crippen molar-refractivity contribution in [1.29, 1.82) is 0 Å². The third kappa shape index (κ3) is 3.29. The maximum absolute atomic E-state index is 11.4. The lowest BCUT2D eigenvalue weighted by Crippen LogP contribution is -2.37. The summed E-state index contributed by atoms with van der Waals surface area (Å²) in [6.45, 7) is 6.38. The number of carbonyl (C=O) groups is 1. The number of carbonyl (C=O) groups excluding carboxylic acids is 1. The lowest BCUT2D eigenvalue weighted by atomic mass is 9.92. The highest BCUT2D eigenvalue weighted by Crippen LogP contribution is 2.36. The largest absolute Gasteiger partial charge is 0.352 e. The number of halogens is 1. The molecule has 0 spiro atoms. The second kappa shape index (κ2) is 3.99. The summed E-state index contributed by atoms with van der Waals surface area (Å²) in [5.74, 6) is 0.114. The first kappa shape index (κ1) is 11.0. The predicted molar refractivity (Wildman–Crippen MR) is 58.0 cm³/mol. The van der Waals surface area contributed by atoms with Crippen LogP contribution in [0.3, 0.4) is 0 Å². The normalized spacial score (nSPS) is 28.5. The molecule has 2 atom stereocenters. The van der Waals surface area contributed by atoms with Gasteiger partial charge in [-0.1, -0.05) is 29.8 Å². The molecule has 2 nitrogen and oxygen atoms in total. The van der Waals surface area contributed by atoms with E-state index in [-0.39, 0.29) is 10.7 Å². The van der Waals surface area contributed by atoms with Gasteiger partial charge < -0.3 is 5.32 Å². The SMILES string of the molecule is CC(Br)C(=O)NC1CCC(C)(C)C1. The van der Waals surface area contributed by atoms with Crippen molar-refractivity contribution in [2.45, 2.75) is 50.9 Å². The molecular formula is C10H18BrNO. The van der Waals surface area contributed by atoms with Crippen molar-refractivity contribution < 1.29 is 4.79 Å². The minimum absolute atomic E-state index is 0.0730. The van der Waals surface area contributed by atoms with Gasteiger partial charge in [0, 0.05) is 6.04 Å². The van der Waals surface area contributed by atoms with E-state index >= 15 is 0 Å². The Hall–Kier alpha value is -0.0500. The van der Waals surface area contributed by atoms with Gasteiger partial charge in [0.05, 0.1) is 4.83 Å². The topological polar surface area (TPSA) is 29.1 Å². The van der Waals surface area contributed by atoms with Gasteiger partial charge >= 0.3 is 0 Å². The molecular weight excluding hydrogens is 230 g/mol. The van der Waals surface area contributed by atoms with Gasteiger partial charge in [-0.2, -0.15) is 0 Å². The van der Waals surface area contributed by atoms with Crippen LogP contribution in [0.25, 0.3) is 0 Å². The minimum Gasteiger partial charge on any atom is -0.352 e. The van der Waals surface area contributed by atoms with E-state index in [4.69, 9.17) is 0 Å². The number of nitrogens with one attached hydrogen (secondary N) is 1. The van der Waals surface area contributed by atoms with Gasteiger partial charge in [-0.05, 0) is 31.6 Å². The van der Waals surface area contributed by atoms with Gasteiger partial charge in [0.15, 0.2) is 0 Å². The highest BCUT2D eigenvalue weighted by atomic mass is 79.9. The summed E-state index contributed by atoms with van der Waals surface area (Å²) in [7, 11) is 0. The van der Waals surface area contributed by atoms with Crippen molar-refractivity contribution in [2.24, 2.45) is 5.41 Å². The molecule has 13 heavy (non-hydrogen) atoms. The second-order valence-electron chi connectivity index (χ2n) is 4.73. The molecule has 0 heterocycles. The van der Waals surface area contributed by atoms with E-state index in [2.05, 4.69) is 35.1 Å². The molecule has 1 fully saturated rings. The smallest absolute Gasteiger partial charge is 0.233 e. The Bertz CT molecular complexity index is 201. The van der Waals surface area contributed by atoms with E-state index in [1.54, 1.807) is 0 Å². The third-order valence-corrected chi connectivity index (χ3v) is 3.09. The van der Waals surface area contributed by atoms with E-state index in [0.717, 1.165) is 12.8 Å². The van der Waals surface area contributed by atoms with Crippen LogP contribution >= 0.6 is 15.9 Å². The van der Waals surface area contributed by atoms with Crippen molar-refractivity contribution in [3.8, 4) is 0 Å². The minimum atomic E-state index is -0.0730. The van der Waals surface area contributed by atoms with Gasteiger partial charge in [0.1, 0.15) is 0 Å². The zero-order valence-electron chi connectivity index (χ0n) is 8.56. The fourth-order valence-electron chi connectivity index (χ4n) is 1.88. The highest BCUT2D eigenvalue weighted by Gasteiger charge is 2.31. The Morgan fingerprint density at radius 2 is 2.23 bits per heavy atom. The molecule has 0 radical (unpaired) electrons. The van der Waals surface area contributed by atoms with E-state index < -0.39 is 0 Å². The second-order valence-corrected chi connectivity index (χ2v) is 6.10. The van der Waals surface area contributed by atoms with Crippen LogP contribution in [0.4, 0.5) is 0 Å². The van der Waals surface area contributed by atoms with Crippen LogP contribution in [-0.2, 0) is 4.79 Å². The van der Waals surface area contributed by atoms with E-state index in [0.29, 0.717) is 11.5 Å². The number of amides is 1. The average molecular weight is 248 g/mol. The van der Waals surface area contributed by atoms with Crippen LogP contribution in [0.1, 0.15) is 40.0 Å². The summed E-state index contributed by atoms with van der Waals surface area (Å²) in [4.78, 5) is 11.3. The molecule has 2 unspecified atom stereocenters. The molecule has 0 saturated heterocycles. The number of hydrogen-bond acceptors (Lipinski definition) is 1. The first-order chi connectivity index (χ1) is 5.91. The first-order valence-corrected chi connectivity index (χ1v) is 5.77. The van der Waals surface area contributed by atoms with Crippen LogP contribution in [-0.4, -0.2) is 16.8 Å². The van der Waals surface area contributed by atoms with E-state index in [1.165, 1.54) is 6.42 Å². The molecule has 1 N–H and O–H groups in total. The van der Waals surface area contributed by atoms with Gasteiger partial charge in [0.2, 0.25) is 5.91 Å². The molecule has 0 aromatic rings.